The molecule has 0 spiro atoms. The Morgan fingerprint density at radius 2 is 2.13 bits per heavy atom. The first kappa shape index (κ1) is 22.2. The number of piperidine rings is 1. The average Bonchev–Trinajstić information content (AvgIpc) is 2.77. The van der Waals surface area contributed by atoms with Crippen LogP contribution in [0.15, 0.2) is 42.6 Å². The molecule has 1 N–H and O–H groups in total. The van der Waals surface area contributed by atoms with Gasteiger partial charge in [0.2, 0.25) is 5.91 Å². The van der Waals surface area contributed by atoms with E-state index in [1.165, 1.54) is 5.56 Å². The van der Waals surface area contributed by atoms with E-state index in [1.54, 1.807) is 20.4 Å². The lowest BCUT2D eigenvalue weighted by Crippen LogP contribution is -2.43. The number of carbonyl (C=O) groups is 1. The molecule has 0 unspecified atom stereocenters. The minimum atomic E-state index is -0.0993. The molecule has 2 aromatic rings. The first-order chi connectivity index (χ1) is 14.6. The lowest BCUT2D eigenvalue weighted by molar-refractivity contribution is -0.123. The highest BCUT2D eigenvalue weighted by Gasteiger charge is 2.30. The van der Waals surface area contributed by atoms with Gasteiger partial charge in [-0.3, -0.25) is 14.7 Å². The molecule has 2 atom stereocenters. The van der Waals surface area contributed by atoms with Gasteiger partial charge in [-0.05, 0) is 49.9 Å². The van der Waals surface area contributed by atoms with Crippen LogP contribution >= 0.6 is 0 Å². The lowest BCUT2D eigenvalue weighted by Gasteiger charge is -2.37. The summed E-state index contributed by atoms with van der Waals surface area (Å²) in [5, 5.41) is 3.22. The Hall–Kier alpha value is -2.44. The van der Waals surface area contributed by atoms with Crippen LogP contribution < -0.4 is 10.1 Å². The molecule has 0 aliphatic carbocycles. The van der Waals surface area contributed by atoms with Crippen LogP contribution in [0.4, 0.5) is 0 Å². The number of aromatic nitrogens is 1. The van der Waals surface area contributed by atoms with Gasteiger partial charge in [-0.15, -0.1) is 0 Å². The predicted molar refractivity (Wildman–Crippen MR) is 117 cm³/mol. The minimum Gasteiger partial charge on any atom is -0.496 e. The summed E-state index contributed by atoms with van der Waals surface area (Å²) in [7, 11) is 3.35. The largest absolute Gasteiger partial charge is 0.496 e. The van der Waals surface area contributed by atoms with Crippen LogP contribution in [0.2, 0.25) is 0 Å². The van der Waals surface area contributed by atoms with Crippen LogP contribution in [-0.4, -0.2) is 49.7 Å². The van der Waals surface area contributed by atoms with Gasteiger partial charge in [0, 0.05) is 38.4 Å². The van der Waals surface area contributed by atoms with E-state index in [0.717, 1.165) is 49.5 Å². The summed E-state index contributed by atoms with van der Waals surface area (Å²) < 4.78 is 10.7. The molecule has 1 aromatic carbocycles. The van der Waals surface area contributed by atoms with Gasteiger partial charge in [-0.2, -0.15) is 0 Å². The predicted octanol–water partition coefficient (Wildman–Crippen LogP) is 3.50. The van der Waals surface area contributed by atoms with E-state index in [0.29, 0.717) is 18.9 Å². The van der Waals surface area contributed by atoms with Gasteiger partial charge < -0.3 is 14.8 Å². The Kier molecular flexibility index (Phi) is 8.22. The monoisotopic (exact) mass is 411 g/mol. The molecule has 6 heteroatoms. The normalized spacial score (nSPS) is 18.0. The van der Waals surface area contributed by atoms with Crippen LogP contribution in [0, 0.1) is 12.8 Å². The van der Waals surface area contributed by atoms with Gasteiger partial charge in [0.1, 0.15) is 5.75 Å². The fraction of sp³-hybridized carbons (Fsp3) is 0.500. The maximum absolute atomic E-state index is 12.5. The van der Waals surface area contributed by atoms with E-state index < -0.39 is 0 Å². The van der Waals surface area contributed by atoms with Gasteiger partial charge in [-0.25, -0.2) is 0 Å². The van der Waals surface area contributed by atoms with Gasteiger partial charge in [0.05, 0.1) is 25.5 Å². The first-order valence-corrected chi connectivity index (χ1v) is 10.7. The summed E-state index contributed by atoms with van der Waals surface area (Å²) in [6.45, 7) is 5.29. The molecule has 0 saturated carbocycles. The molecule has 1 saturated heterocycles. The number of methoxy groups -OCH3 is 2. The van der Waals surface area contributed by atoms with E-state index >= 15 is 0 Å². The number of hydrogen-bond donors (Lipinski definition) is 1. The van der Waals surface area contributed by atoms with Crippen molar-refractivity contribution in [3.05, 3.63) is 59.4 Å². The van der Waals surface area contributed by atoms with Crippen LogP contribution in [-0.2, 0) is 16.1 Å². The molecule has 2 heterocycles. The van der Waals surface area contributed by atoms with Crippen molar-refractivity contribution in [3.8, 4) is 5.75 Å². The molecule has 1 aliphatic rings. The third-order valence-corrected chi connectivity index (χ3v) is 5.76. The summed E-state index contributed by atoms with van der Waals surface area (Å²) in [5.41, 5.74) is 3.28. The van der Waals surface area contributed by atoms with E-state index in [4.69, 9.17) is 9.47 Å². The van der Waals surface area contributed by atoms with E-state index in [1.807, 2.05) is 18.2 Å². The molecule has 1 aromatic heterocycles. The van der Waals surface area contributed by atoms with Crippen LogP contribution in [0.1, 0.15) is 42.1 Å². The molecule has 1 aliphatic heterocycles. The third kappa shape index (κ3) is 5.80. The summed E-state index contributed by atoms with van der Waals surface area (Å²) in [6.07, 6.45) is 4.31. The Morgan fingerprint density at radius 3 is 2.87 bits per heavy atom. The Morgan fingerprint density at radius 1 is 1.27 bits per heavy atom. The molecular formula is C24H33N3O3. The summed E-state index contributed by atoms with van der Waals surface area (Å²) in [6, 6.07) is 12.1. The Balaban J connectivity index is 1.74. The molecule has 162 valence electrons. The second kappa shape index (κ2) is 11.1. The number of para-hydroxylation sites is 1. The minimum absolute atomic E-state index is 0.00461. The standard InChI is InChI=1S/C24H33N3O3/c1-18-8-6-9-20(24(18)30-3)17-27-14-7-10-19(16-27)23(21-11-4-5-13-25-21)26-22(28)12-15-29-2/h4-6,8-9,11,13,19,23H,7,10,12,14-17H2,1-3H3,(H,26,28)/t19-,23+/m1/s1. The topological polar surface area (TPSA) is 63.7 Å². The highest BCUT2D eigenvalue weighted by Crippen LogP contribution is 2.31. The molecule has 1 fully saturated rings. The zero-order chi connectivity index (χ0) is 21.3. The number of rotatable bonds is 9. The fourth-order valence-corrected chi connectivity index (χ4v) is 4.31. The molecule has 6 nitrogen and oxygen atoms in total. The number of hydrogen-bond acceptors (Lipinski definition) is 5. The second-order valence-electron chi connectivity index (χ2n) is 7.95. The number of amides is 1. The summed E-state index contributed by atoms with van der Waals surface area (Å²) in [4.78, 5) is 19.5. The Labute approximate surface area is 179 Å². The van der Waals surface area contributed by atoms with Crippen LogP contribution in [0.3, 0.4) is 0 Å². The van der Waals surface area contributed by atoms with Gasteiger partial charge in [0.15, 0.2) is 0 Å². The van der Waals surface area contributed by atoms with Crippen molar-refractivity contribution in [1.82, 2.24) is 15.2 Å². The molecule has 30 heavy (non-hydrogen) atoms. The number of pyridine rings is 1. The smallest absolute Gasteiger partial charge is 0.222 e. The second-order valence-corrected chi connectivity index (χ2v) is 7.95. The molecule has 0 radical (unpaired) electrons. The van der Waals surface area contributed by atoms with Gasteiger partial charge in [0.25, 0.3) is 0 Å². The number of carbonyl (C=O) groups excluding carboxylic acids is 1. The zero-order valence-electron chi connectivity index (χ0n) is 18.3. The molecular weight excluding hydrogens is 378 g/mol. The van der Waals surface area contributed by atoms with Crippen molar-refractivity contribution in [2.75, 3.05) is 33.9 Å². The molecule has 3 rings (SSSR count). The van der Waals surface area contributed by atoms with E-state index in [2.05, 4.69) is 40.3 Å². The number of benzene rings is 1. The van der Waals surface area contributed by atoms with Crippen molar-refractivity contribution in [2.45, 2.75) is 38.8 Å². The lowest BCUT2D eigenvalue weighted by atomic mass is 9.88. The van der Waals surface area contributed by atoms with E-state index in [9.17, 15) is 4.79 Å². The van der Waals surface area contributed by atoms with Crippen molar-refractivity contribution >= 4 is 5.91 Å². The van der Waals surface area contributed by atoms with Crippen LogP contribution in [0.25, 0.3) is 0 Å². The van der Waals surface area contributed by atoms with Crippen molar-refractivity contribution < 1.29 is 14.3 Å². The SMILES string of the molecule is COCCC(=O)N[C@H](c1ccccn1)[C@@H]1CCCN(Cc2cccc(C)c2OC)C1. The summed E-state index contributed by atoms with van der Waals surface area (Å²) in [5.74, 6) is 1.27. The van der Waals surface area contributed by atoms with Gasteiger partial charge in [-0.1, -0.05) is 24.3 Å². The molecule has 0 bridgehead atoms. The zero-order valence-corrected chi connectivity index (χ0v) is 18.3. The fourth-order valence-electron chi connectivity index (χ4n) is 4.31. The molecule has 1 amide bonds. The number of aryl methyl sites for hydroxylation is 1. The third-order valence-electron chi connectivity index (χ3n) is 5.76. The maximum atomic E-state index is 12.5. The number of nitrogens with zero attached hydrogens (tertiary/aromatic N) is 2. The number of likely N-dealkylation sites (tertiary alicyclic amines) is 1. The summed E-state index contributed by atoms with van der Waals surface area (Å²) >= 11 is 0. The maximum Gasteiger partial charge on any atom is 0.222 e. The highest BCUT2D eigenvalue weighted by atomic mass is 16.5. The highest BCUT2D eigenvalue weighted by molar-refractivity contribution is 5.76. The van der Waals surface area contributed by atoms with E-state index in [-0.39, 0.29) is 11.9 Å². The average molecular weight is 412 g/mol. The number of nitrogens with one attached hydrogen (secondary N) is 1. The van der Waals surface area contributed by atoms with Crippen molar-refractivity contribution in [3.63, 3.8) is 0 Å². The van der Waals surface area contributed by atoms with Crippen molar-refractivity contribution in [2.24, 2.45) is 5.92 Å². The Bertz CT molecular complexity index is 813. The first-order valence-electron chi connectivity index (χ1n) is 10.7. The van der Waals surface area contributed by atoms with Crippen molar-refractivity contribution in [1.29, 1.82) is 0 Å². The number of ether oxygens (including phenoxy) is 2. The van der Waals surface area contributed by atoms with Crippen LogP contribution in [0.5, 0.6) is 5.75 Å². The van der Waals surface area contributed by atoms with Gasteiger partial charge >= 0.3 is 0 Å². The quantitative estimate of drug-likeness (QED) is 0.684.